The van der Waals surface area contributed by atoms with Crippen molar-refractivity contribution in [3.8, 4) is 0 Å². The molecule has 120 valence electrons. The van der Waals surface area contributed by atoms with Crippen LogP contribution in [0, 0.1) is 11.3 Å². The van der Waals surface area contributed by atoms with Crippen molar-refractivity contribution < 1.29 is 4.74 Å². The fourth-order valence-corrected chi connectivity index (χ4v) is 3.13. The molecule has 0 unspecified atom stereocenters. The van der Waals surface area contributed by atoms with Crippen LogP contribution in [-0.4, -0.2) is 49.8 Å². The lowest BCUT2D eigenvalue weighted by Gasteiger charge is -2.43. The summed E-state index contributed by atoms with van der Waals surface area (Å²) in [7, 11) is 0. The summed E-state index contributed by atoms with van der Waals surface area (Å²) < 4.78 is 5.83. The normalized spacial score (nSPS) is 20.6. The lowest BCUT2D eigenvalue weighted by Crippen LogP contribution is -2.53. The summed E-state index contributed by atoms with van der Waals surface area (Å²) in [6.45, 7) is 20.1. The van der Waals surface area contributed by atoms with Gasteiger partial charge in [-0.1, -0.05) is 27.7 Å². The van der Waals surface area contributed by atoms with Gasteiger partial charge in [0.1, 0.15) is 0 Å². The van der Waals surface area contributed by atoms with Crippen molar-refractivity contribution in [2.75, 3.05) is 39.3 Å². The lowest BCUT2D eigenvalue weighted by atomic mass is 9.81. The lowest BCUT2D eigenvalue weighted by molar-refractivity contribution is -0.0948. The number of nitrogens with zero attached hydrogens (tertiary/aromatic N) is 1. The van der Waals surface area contributed by atoms with E-state index in [-0.39, 0.29) is 5.60 Å². The van der Waals surface area contributed by atoms with Crippen LogP contribution in [-0.2, 0) is 4.74 Å². The Balaban J connectivity index is 2.56. The number of morpholine rings is 1. The summed E-state index contributed by atoms with van der Waals surface area (Å²) in [6.07, 6.45) is 2.48. The van der Waals surface area contributed by atoms with Crippen LogP contribution in [0.2, 0.25) is 0 Å². The van der Waals surface area contributed by atoms with Gasteiger partial charge in [-0.3, -0.25) is 4.90 Å². The third kappa shape index (κ3) is 5.71. The molecule has 0 bridgehead atoms. The summed E-state index contributed by atoms with van der Waals surface area (Å²) in [5.41, 5.74) is 0.416. The standard InChI is InChI=1S/C17H36N2O/c1-7-17(8-2,12-18-11-15(3)4)14-19-9-10-20-16(5,6)13-19/h15,18H,7-14H2,1-6H3. The van der Waals surface area contributed by atoms with Gasteiger partial charge in [0, 0.05) is 26.2 Å². The molecule has 0 aromatic rings. The predicted octanol–water partition coefficient (Wildman–Crippen LogP) is 3.15. The second kappa shape index (κ2) is 7.77. The number of rotatable bonds is 8. The van der Waals surface area contributed by atoms with E-state index in [9.17, 15) is 0 Å². The molecule has 1 aliphatic rings. The van der Waals surface area contributed by atoms with Crippen LogP contribution in [0.3, 0.4) is 0 Å². The Bertz CT molecular complexity index is 272. The highest BCUT2D eigenvalue weighted by atomic mass is 16.5. The summed E-state index contributed by atoms with van der Waals surface area (Å²) in [6, 6.07) is 0. The Morgan fingerprint density at radius 3 is 2.40 bits per heavy atom. The van der Waals surface area contributed by atoms with E-state index < -0.39 is 0 Å². The molecular formula is C17H36N2O. The molecule has 3 nitrogen and oxygen atoms in total. The molecule has 0 radical (unpaired) electrons. The first-order chi connectivity index (χ1) is 9.32. The highest BCUT2D eigenvalue weighted by Gasteiger charge is 2.33. The second-order valence-electron chi connectivity index (χ2n) is 7.55. The minimum absolute atomic E-state index is 0.0107. The zero-order valence-electron chi connectivity index (χ0n) is 14.6. The Morgan fingerprint density at radius 1 is 1.25 bits per heavy atom. The van der Waals surface area contributed by atoms with Gasteiger partial charge in [-0.05, 0) is 44.6 Å². The van der Waals surface area contributed by atoms with Crippen LogP contribution in [0.15, 0.2) is 0 Å². The van der Waals surface area contributed by atoms with E-state index in [1.807, 2.05) is 0 Å². The van der Waals surface area contributed by atoms with Gasteiger partial charge in [0.2, 0.25) is 0 Å². The summed E-state index contributed by atoms with van der Waals surface area (Å²) in [5.74, 6) is 0.726. The number of nitrogens with one attached hydrogen (secondary N) is 1. The molecule has 0 aromatic carbocycles. The first-order valence-electron chi connectivity index (χ1n) is 8.39. The maximum atomic E-state index is 5.83. The molecule has 0 aromatic heterocycles. The quantitative estimate of drug-likeness (QED) is 0.741. The average Bonchev–Trinajstić information content (AvgIpc) is 2.36. The number of hydrogen-bond acceptors (Lipinski definition) is 3. The van der Waals surface area contributed by atoms with Crippen molar-refractivity contribution >= 4 is 0 Å². The van der Waals surface area contributed by atoms with Crippen molar-refractivity contribution in [1.82, 2.24) is 10.2 Å². The minimum atomic E-state index is 0.0107. The van der Waals surface area contributed by atoms with Crippen molar-refractivity contribution in [2.45, 2.75) is 60.0 Å². The Kier molecular flexibility index (Phi) is 6.96. The topological polar surface area (TPSA) is 24.5 Å². The molecule has 1 heterocycles. The van der Waals surface area contributed by atoms with Gasteiger partial charge in [-0.25, -0.2) is 0 Å². The van der Waals surface area contributed by atoms with Crippen molar-refractivity contribution in [1.29, 1.82) is 0 Å². The van der Waals surface area contributed by atoms with Gasteiger partial charge in [0.15, 0.2) is 0 Å². The summed E-state index contributed by atoms with van der Waals surface area (Å²) in [5, 5.41) is 3.68. The van der Waals surface area contributed by atoms with E-state index in [2.05, 4.69) is 51.8 Å². The molecule has 0 saturated carbocycles. The molecule has 0 atom stereocenters. The molecule has 3 heteroatoms. The largest absolute Gasteiger partial charge is 0.373 e. The van der Waals surface area contributed by atoms with Crippen LogP contribution < -0.4 is 5.32 Å². The molecule has 1 N–H and O–H groups in total. The average molecular weight is 284 g/mol. The molecular weight excluding hydrogens is 248 g/mol. The van der Waals surface area contributed by atoms with Gasteiger partial charge in [-0.15, -0.1) is 0 Å². The van der Waals surface area contributed by atoms with Crippen LogP contribution in [0.1, 0.15) is 54.4 Å². The molecule has 1 saturated heterocycles. The van der Waals surface area contributed by atoms with Crippen molar-refractivity contribution in [3.63, 3.8) is 0 Å². The highest BCUT2D eigenvalue weighted by molar-refractivity contribution is 4.87. The third-order valence-corrected chi connectivity index (χ3v) is 4.62. The third-order valence-electron chi connectivity index (χ3n) is 4.62. The Morgan fingerprint density at radius 2 is 1.90 bits per heavy atom. The van der Waals surface area contributed by atoms with Gasteiger partial charge >= 0.3 is 0 Å². The highest BCUT2D eigenvalue weighted by Crippen LogP contribution is 2.29. The van der Waals surface area contributed by atoms with E-state index in [0.29, 0.717) is 5.41 Å². The van der Waals surface area contributed by atoms with Crippen LogP contribution >= 0.6 is 0 Å². The summed E-state index contributed by atoms with van der Waals surface area (Å²) >= 11 is 0. The van der Waals surface area contributed by atoms with Crippen molar-refractivity contribution in [2.24, 2.45) is 11.3 Å². The maximum Gasteiger partial charge on any atom is 0.0753 e. The van der Waals surface area contributed by atoms with Gasteiger partial charge in [-0.2, -0.15) is 0 Å². The van der Waals surface area contributed by atoms with Crippen molar-refractivity contribution in [3.05, 3.63) is 0 Å². The van der Waals surface area contributed by atoms with E-state index in [4.69, 9.17) is 4.74 Å². The zero-order chi connectivity index (χ0) is 15.2. The van der Waals surface area contributed by atoms with Crippen LogP contribution in [0.5, 0.6) is 0 Å². The first kappa shape index (κ1) is 17.9. The SMILES string of the molecule is CCC(CC)(CNCC(C)C)CN1CCOC(C)(C)C1. The monoisotopic (exact) mass is 284 g/mol. The van der Waals surface area contributed by atoms with E-state index in [0.717, 1.165) is 38.7 Å². The predicted molar refractivity (Wildman–Crippen MR) is 87.2 cm³/mol. The Labute approximate surface area is 126 Å². The second-order valence-corrected chi connectivity index (χ2v) is 7.55. The molecule has 1 rings (SSSR count). The number of hydrogen-bond donors (Lipinski definition) is 1. The molecule has 0 spiro atoms. The fourth-order valence-electron chi connectivity index (χ4n) is 3.13. The fraction of sp³-hybridized carbons (Fsp3) is 1.00. The minimum Gasteiger partial charge on any atom is -0.373 e. The van der Waals surface area contributed by atoms with Gasteiger partial charge in [0.25, 0.3) is 0 Å². The van der Waals surface area contributed by atoms with Crippen LogP contribution in [0.4, 0.5) is 0 Å². The first-order valence-corrected chi connectivity index (χ1v) is 8.39. The molecule has 1 aliphatic heterocycles. The van der Waals surface area contributed by atoms with E-state index in [1.54, 1.807) is 0 Å². The molecule has 0 amide bonds. The van der Waals surface area contributed by atoms with Crippen LogP contribution in [0.25, 0.3) is 0 Å². The Hall–Kier alpha value is -0.120. The van der Waals surface area contributed by atoms with Gasteiger partial charge < -0.3 is 10.1 Å². The maximum absolute atomic E-state index is 5.83. The molecule has 20 heavy (non-hydrogen) atoms. The number of ether oxygens (including phenoxy) is 1. The zero-order valence-corrected chi connectivity index (χ0v) is 14.6. The molecule has 1 fully saturated rings. The smallest absolute Gasteiger partial charge is 0.0753 e. The summed E-state index contributed by atoms with van der Waals surface area (Å²) in [4.78, 5) is 2.60. The molecule has 0 aliphatic carbocycles. The van der Waals surface area contributed by atoms with E-state index >= 15 is 0 Å². The van der Waals surface area contributed by atoms with Gasteiger partial charge in [0.05, 0.1) is 12.2 Å². The van der Waals surface area contributed by atoms with E-state index in [1.165, 1.54) is 19.4 Å².